The number of carbonyl (C=O) groups is 1. The Hall–Kier alpha value is -2.41. The van der Waals surface area contributed by atoms with Crippen LogP contribution >= 0.6 is 0 Å². The molecule has 0 amide bonds. The zero-order valence-electron chi connectivity index (χ0n) is 14.2. The van der Waals surface area contributed by atoms with Gasteiger partial charge in [-0.25, -0.2) is 4.79 Å². The Morgan fingerprint density at radius 3 is 2.71 bits per heavy atom. The third-order valence-electron chi connectivity index (χ3n) is 4.24. The van der Waals surface area contributed by atoms with Crippen molar-refractivity contribution in [2.75, 3.05) is 44.7 Å². The number of nitrogens with one attached hydrogen (secondary N) is 1. The second kappa shape index (κ2) is 7.44. The zero-order chi connectivity index (χ0) is 16.9. The van der Waals surface area contributed by atoms with Gasteiger partial charge in [0, 0.05) is 30.9 Å². The molecule has 1 N–H and O–H groups in total. The van der Waals surface area contributed by atoms with E-state index in [1.165, 1.54) is 5.69 Å². The van der Waals surface area contributed by atoms with Crippen molar-refractivity contribution < 1.29 is 9.53 Å². The second-order valence-electron chi connectivity index (χ2n) is 5.93. The first kappa shape index (κ1) is 16.4. The number of benzene rings is 1. The first-order chi connectivity index (χ1) is 11.7. The van der Waals surface area contributed by atoms with Gasteiger partial charge in [-0.15, -0.1) is 5.10 Å². The molecule has 1 aliphatic rings. The molecule has 0 atom stereocenters. The average molecular weight is 329 g/mol. The van der Waals surface area contributed by atoms with Gasteiger partial charge in [0.2, 0.25) is 0 Å². The Bertz CT molecular complexity index is 683. The van der Waals surface area contributed by atoms with E-state index in [4.69, 9.17) is 4.74 Å². The lowest BCUT2D eigenvalue weighted by molar-refractivity contribution is 0.0520. The van der Waals surface area contributed by atoms with E-state index < -0.39 is 5.97 Å². The predicted molar refractivity (Wildman–Crippen MR) is 92.1 cm³/mol. The van der Waals surface area contributed by atoms with Gasteiger partial charge in [-0.1, -0.05) is 12.1 Å². The van der Waals surface area contributed by atoms with Crippen LogP contribution in [0.1, 0.15) is 23.8 Å². The first-order valence-electron chi connectivity index (χ1n) is 8.31. The maximum atomic E-state index is 11.9. The molecule has 0 radical (unpaired) electrons. The number of aromatic amines is 1. The molecule has 24 heavy (non-hydrogen) atoms. The highest BCUT2D eigenvalue weighted by molar-refractivity contribution is 5.93. The molecule has 2 aromatic rings. The van der Waals surface area contributed by atoms with Gasteiger partial charge >= 0.3 is 5.97 Å². The van der Waals surface area contributed by atoms with Crippen LogP contribution in [0.3, 0.4) is 0 Å². The minimum atomic E-state index is -0.458. The van der Waals surface area contributed by atoms with Crippen molar-refractivity contribution >= 4 is 11.7 Å². The number of esters is 1. The van der Waals surface area contributed by atoms with Crippen LogP contribution in [0.5, 0.6) is 0 Å². The second-order valence-corrected chi connectivity index (χ2v) is 5.93. The molecule has 0 bridgehead atoms. The smallest absolute Gasteiger partial charge is 0.361 e. The first-order valence-corrected chi connectivity index (χ1v) is 8.31. The summed E-state index contributed by atoms with van der Waals surface area (Å²) < 4.78 is 5.02. The fourth-order valence-electron chi connectivity index (χ4n) is 2.91. The standard InChI is InChI=1S/C17H23N5O2/c1-3-24-17(23)16-15(18-20-19-16)13-5-7-14(8-6-13)22-10-4-9-21(2)11-12-22/h5-8H,3-4,9-12H2,1-2H3,(H,18,19,20). The SMILES string of the molecule is CCOC(=O)c1n[nH]nc1-c1ccc(N2CCCN(C)CC2)cc1. The molecule has 2 heterocycles. The number of ether oxygens (including phenoxy) is 1. The molecule has 0 saturated carbocycles. The van der Waals surface area contributed by atoms with Crippen LogP contribution < -0.4 is 4.90 Å². The van der Waals surface area contributed by atoms with E-state index >= 15 is 0 Å². The van der Waals surface area contributed by atoms with Gasteiger partial charge in [-0.05, 0) is 39.1 Å². The lowest BCUT2D eigenvalue weighted by atomic mass is 10.1. The summed E-state index contributed by atoms with van der Waals surface area (Å²) in [5.74, 6) is -0.458. The number of carbonyl (C=O) groups excluding carboxylic acids is 1. The van der Waals surface area contributed by atoms with Crippen molar-refractivity contribution in [1.82, 2.24) is 20.3 Å². The summed E-state index contributed by atoms with van der Waals surface area (Å²) in [6.45, 7) is 6.36. The molecule has 3 rings (SSSR count). The third-order valence-corrected chi connectivity index (χ3v) is 4.24. The summed E-state index contributed by atoms with van der Waals surface area (Å²) in [5.41, 5.74) is 2.79. The minimum absolute atomic E-state index is 0.223. The van der Waals surface area contributed by atoms with Gasteiger partial charge in [0.25, 0.3) is 0 Å². The Kier molecular flexibility index (Phi) is 5.10. The zero-order valence-corrected chi connectivity index (χ0v) is 14.2. The van der Waals surface area contributed by atoms with Gasteiger partial charge in [-0.3, -0.25) is 0 Å². The molecule has 0 spiro atoms. The molecule has 1 aliphatic heterocycles. The molecule has 0 unspecified atom stereocenters. The molecule has 128 valence electrons. The highest BCUT2D eigenvalue weighted by Gasteiger charge is 2.19. The molecule has 0 aliphatic carbocycles. The van der Waals surface area contributed by atoms with Crippen molar-refractivity contribution in [2.24, 2.45) is 0 Å². The summed E-state index contributed by atoms with van der Waals surface area (Å²) in [6.07, 6.45) is 1.16. The van der Waals surface area contributed by atoms with E-state index in [9.17, 15) is 4.79 Å². The van der Waals surface area contributed by atoms with E-state index in [0.717, 1.165) is 38.2 Å². The third kappa shape index (κ3) is 3.56. The molecule has 1 aromatic carbocycles. The lowest BCUT2D eigenvalue weighted by Crippen LogP contribution is -2.28. The van der Waals surface area contributed by atoms with Crippen molar-refractivity contribution in [3.63, 3.8) is 0 Å². The number of nitrogens with zero attached hydrogens (tertiary/aromatic N) is 4. The molecule has 1 fully saturated rings. The Morgan fingerprint density at radius 2 is 1.96 bits per heavy atom. The van der Waals surface area contributed by atoms with Crippen LogP contribution in [0, 0.1) is 0 Å². The molecular weight excluding hydrogens is 306 g/mol. The largest absolute Gasteiger partial charge is 0.461 e. The average Bonchev–Trinajstić information content (AvgIpc) is 2.98. The number of likely N-dealkylation sites (N-methyl/N-ethyl adjacent to an activating group) is 1. The Labute approximate surface area is 141 Å². The van der Waals surface area contributed by atoms with Gasteiger partial charge in [-0.2, -0.15) is 10.3 Å². The molecule has 1 saturated heterocycles. The van der Waals surface area contributed by atoms with Crippen LogP contribution in [0.2, 0.25) is 0 Å². The highest BCUT2D eigenvalue weighted by atomic mass is 16.5. The van der Waals surface area contributed by atoms with E-state index in [0.29, 0.717) is 12.3 Å². The number of aromatic nitrogens is 3. The van der Waals surface area contributed by atoms with Crippen LogP contribution in [0.15, 0.2) is 24.3 Å². The monoisotopic (exact) mass is 329 g/mol. The minimum Gasteiger partial charge on any atom is -0.461 e. The highest BCUT2D eigenvalue weighted by Crippen LogP contribution is 2.24. The lowest BCUT2D eigenvalue weighted by Gasteiger charge is -2.23. The summed E-state index contributed by atoms with van der Waals surface area (Å²) in [7, 11) is 2.16. The maximum Gasteiger partial charge on any atom is 0.361 e. The maximum absolute atomic E-state index is 11.9. The van der Waals surface area contributed by atoms with Crippen LogP contribution in [0.25, 0.3) is 11.3 Å². The van der Waals surface area contributed by atoms with Gasteiger partial charge in [0.15, 0.2) is 5.69 Å². The van der Waals surface area contributed by atoms with E-state index in [-0.39, 0.29) is 5.69 Å². The van der Waals surface area contributed by atoms with Crippen LogP contribution in [-0.4, -0.2) is 66.1 Å². The van der Waals surface area contributed by atoms with Gasteiger partial charge < -0.3 is 14.5 Å². The topological polar surface area (TPSA) is 74.3 Å². The van der Waals surface area contributed by atoms with Crippen molar-refractivity contribution in [1.29, 1.82) is 0 Å². The summed E-state index contributed by atoms with van der Waals surface area (Å²) in [6, 6.07) is 8.10. The van der Waals surface area contributed by atoms with E-state index in [1.54, 1.807) is 6.92 Å². The summed E-state index contributed by atoms with van der Waals surface area (Å²) in [5, 5.41) is 10.5. The van der Waals surface area contributed by atoms with Crippen LogP contribution in [-0.2, 0) is 4.74 Å². The summed E-state index contributed by atoms with van der Waals surface area (Å²) in [4.78, 5) is 16.7. The number of hydrogen-bond donors (Lipinski definition) is 1. The fraction of sp³-hybridized carbons (Fsp3) is 0.471. The van der Waals surface area contributed by atoms with Crippen LogP contribution in [0.4, 0.5) is 5.69 Å². The molecule has 7 nitrogen and oxygen atoms in total. The Morgan fingerprint density at radius 1 is 1.17 bits per heavy atom. The quantitative estimate of drug-likeness (QED) is 0.862. The van der Waals surface area contributed by atoms with Gasteiger partial charge in [0.1, 0.15) is 5.69 Å². The van der Waals surface area contributed by atoms with Crippen molar-refractivity contribution in [3.05, 3.63) is 30.0 Å². The normalized spacial score (nSPS) is 16.0. The van der Waals surface area contributed by atoms with E-state index in [1.807, 2.05) is 12.1 Å². The number of hydrogen-bond acceptors (Lipinski definition) is 6. The van der Waals surface area contributed by atoms with Gasteiger partial charge in [0.05, 0.1) is 6.61 Å². The number of H-pyrrole nitrogens is 1. The molecular formula is C17H23N5O2. The van der Waals surface area contributed by atoms with Crippen molar-refractivity contribution in [2.45, 2.75) is 13.3 Å². The summed E-state index contributed by atoms with van der Waals surface area (Å²) >= 11 is 0. The van der Waals surface area contributed by atoms with E-state index in [2.05, 4.69) is 44.4 Å². The fourth-order valence-corrected chi connectivity index (χ4v) is 2.91. The predicted octanol–water partition coefficient (Wildman–Crippen LogP) is 1.79. The number of rotatable bonds is 4. The van der Waals surface area contributed by atoms with Crippen molar-refractivity contribution in [3.8, 4) is 11.3 Å². The number of anilines is 1. The Balaban J connectivity index is 1.78. The molecule has 1 aromatic heterocycles. The molecule has 7 heteroatoms.